The van der Waals surface area contributed by atoms with Crippen molar-refractivity contribution >= 4 is 35.3 Å². The molecule has 0 spiro atoms. The van der Waals surface area contributed by atoms with Gasteiger partial charge in [0, 0.05) is 32.7 Å². The molecule has 2 aromatic rings. The van der Waals surface area contributed by atoms with Crippen LogP contribution in [0.1, 0.15) is 26.5 Å². The fourth-order valence-corrected chi connectivity index (χ4v) is 4.33. The summed E-state index contributed by atoms with van der Waals surface area (Å²) in [5, 5.41) is 0. The van der Waals surface area contributed by atoms with Crippen molar-refractivity contribution in [3.63, 3.8) is 0 Å². The molecule has 3 rings (SSSR count). The Kier molecular flexibility index (Phi) is 6.31. The third-order valence-corrected chi connectivity index (χ3v) is 5.32. The summed E-state index contributed by atoms with van der Waals surface area (Å²) in [5.41, 5.74) is 0.971. The quantitative estimate of drug-likeness (QED) is 0.527. The topological polar surface area (TPSA) is 105 Å². The summed E-state index contributed by atoms with van der Waals surface area (Å²) < 4.78 is 23.9. The molecule has 1 aliphatic rings. The molecule has 0 saturated carbocycles. The lowest BCUT2D eigenvalue weighted by molar-refractivity contribution is -0.186. The van der Waals surface area contributed by atoms with Crippen molar-refractivity contribution in [2.75, 3.05) is 5.75 Å². The van der Waals surface area contributed by atoms with Crippen molar-refractivity contribution in [3.05, 3.63) is 30.2 Å². The van der Waals surface area contributed by atoms with Crippen molar-refractivity contribution in [2.24, 2.45) is 0 Å². The van der Waals surface area contributed by atoms with E-state index in [-0.39, 0.29) is 0 Å². The Morgan fingerprint density at radius 3 is 2.31 bits per heavy atom. The summed E-state index contributed by atoms with van der Waals surface area (Å²) in [6.07, 6.45) is 0.924. The van der Waals surface area contributed by atoms with Crippen LogP contribution in [0.4, 0.5) is 0 Å². The second kappa shape index (κ2) is 8.73. The molecule has 0 radical (unpaired) electrons. The first-order valence-corrected chi connectivity index (χ1v) is 10.0. The van der Waals surface area contributed by atoms with E-state index in [4.69, 9.17) is 18.9 Å². The zero-order chi connectivity index (χ0) is 21.1. The molecular formula is C19H22N2O7S. The van der Waals surface area contributed by atoms with Gasteiger partial charge >= 0.3 is 17.9 Å². The zero-order valence-corrected chi connectivity index (χ0v) is 17.3. The van der Waals surface area contributed by atoms with Crippen LogP contribution < -0.4 is 4.74 Å². The smallest absolute Gasteiger partial charge is 0.303 e. The van der Waals surface area contributed by atoms with E-state index in [2.05, 4.69) is 4.98 Å². The van der Waals surface area contributed by atoms with Gasteiger partial charge < -0.3 is 23.3 Å². The second-order valence-corrected chi connectivity index (χ2v) is 7.76. The molecule has 3 heterocycles. The molecule has 0 bridgehead atoms. The van der Waals surface area contributed by atoms with E-state index in [1.807, 2.05) is 23.6 Å². The number of aryl methyl sites for hydroxylation is 1. The monoisotopic (exact) mass is 422 g/mol. The Balaban J connectivity index is 1.87. The first kappa shape index (κ1) is 21.0. The van der Waals surface area contributed by atoms with E-state index < -0.39 is 41.7 Å². The number of pyridine rings is 1. The van der Waals surface area contributed by atoms with Crippen molar-refractivity contribution in [1.82, 2.24) is 9.38 Å². The lowest BCUT2D eigenvalue weighted by atomic mass is 10.1. The fraction of sp³-hybridized carbons (Fsp3) is 0.474. The molecule has 0 amide bonds. The van der Waals surface area contributed by atoms with Gasteiger partial charge in [0.25, 0.3) is 0 Å². The summed E-state index contributed by atoms with van der Waals surface area (Å²) in [5.74, 6) is -0.825. The lowest BCUT2D eigenvalue weighted by Gasteiger charge is -2.39. The Morgan fingerprint density at radius 1 is 1.00 bits per heavy atom. The van der Waals surface area contributed by atoms with Gasteiger partial charge in [-0.05, 0) is 19.1 Å². The van der Waals surface area contributed by atoms with Crippen LogP contribution in [0.15, 0.2) is 24.5 Å². The van der Waals surface area contributed by atoms with Gasteiger partial charge in [0.1, 0.15) is 11.4 Å². The number of aromatic nitrogens is 2. The van der Waals surface area contributed by atoms with Gasteiger partial charge in [-0.1, -0.05) is 0 Å². The first-order chi connectivity index (χ1) is 13.7. The van der Waals surface area contributed by atoms with Crippen molar-refractivity contribution in [3.8, 4) is 5.75 Å². The number of rotatable bonds is 5. The van der Waals surface area contributed by atoms with Gasteiger partial charge in [-0.2, -0.15) is 0 Å². The van der Waals surface area contributed by atoms with Gasteiger partial charge in [-0.3, -0.25) is 14.4 Å². The molecule has 29 heavy (non-hydrogen) atoms. The fourth-order valence-electron chi connectivity index (χ4n) is 3.11. The van der Waals surface area contributed by atoms with E-state index in [9.17, 15) is 14.4 Å². The number of fused-ring (bicyclic) bond motifs is 1. The summed E-state index contributed by atoms with van der Waals surface area (Å²) >= 11 is 1.31. The molecule has 9 nitrogen and oxygen atoms in total. The highest BCUT2D eigenvalue weighted by Crippen LogP contribution is 2.34. The van der Waals surface area contributed by atoms with Crippen LogP contribution in [0.2, 0.25) is 0 Å². The third kappa shape index (κ3) is 5.20. The Bertz CT molecular complexity index is 928. The van der Waals surface area contributed by atoms with E-state index in [0.29, 0.717) is 11.5 Å². The van der Waals surface area contributed by atoms with E-state index in [0.717, 1.165) is 11.3 Å². The molecule has 4 atom stereocenters. The number of thioether (sulfide) groups is 1. The van der Waals surface area contributed by atoms with Crippen molar-refractivity contribution in [1.29, 1.82) is 0 Å². The Labute approximate surface area is 171 Å². The van der Waals surface area contributed by atoms with Crippen molar-refractivity contribution < 1.29 is 33.3 Å². The predicted octanol–water partition coefficient (Wildman–Crippen LogP) is 1.89. The average molecular weight is 422 g/mol. The highest BCUT2D eigenvalue weighted by Gasteiger charge is 2.47. The van der Waals surface area contributed by atoms with Crippen LogP contribution in [-0.2, 0) is 28.6 Å². The Morgan fingerprint density at radius 2 is 1.66 bits per heavy atom. The molecule has 1 saturated heterocycles. The van der Waals surface area contributed by atoms with Gasteiger partial charge in [0.15, 0.2) is 23.7 Å². The molecule has 1 fully saturated rings. The average Bonchev–Trinajstić information content (AvgIpc) is 2.98. The van der Waals surface area contributed by atoms with Crippen LogP contribution in [-0.4, -0.2) is 56.8 Å². The number of nitrogens with zero attached hydrogens (tertiary/aromatic N) is 2. The predicted molar refractivity (Wildman–Crippen MR) is 103 cm³/mol. The maximum atomic E-state index is 11.7. The summed E-state index contributed by atoms with van der Waals surface area (Å²) in [6, 6.07) is 3.56. The first-order valence-electron chi connectivity index (χ1n) is 8.98. The molecule has 1 aliphatic heterocycles. The number of hydrogen-bond donors (Lipinski definition) is 0. The van der Waals surface area contributed by atoms with Crippen LogP contribution in [0, 0.1) is 6.92 Å². The normalized spacial score (nSPS) is 24.0. The second-order valence-electron chi connectivity index (χ2n) is 6.63. The number of carbonyl (C=O) groups excluding carboxylic acids is 3. The highest BCUT2D eigenvalue weighted by molar-refractivity contribution is 7.99. The summed E-state index contributed by atoms with van der Waals surface area (Å²) in [7, 11) is 0. The standard InChI is InChI=1S/C19H22N2O7S/c1-10-7-21-8-14(5-6-16(21)20-10)28-19-18(27-13(4)24)17(26-12(3)23)15(9-29-19)25-11(2)22/h5-8,15,17-19H,9H2,1-4H3/t15-,17+,18-,19-/m1/s1. The van der Waals surface area contributed by atoms with E-state index >= 15 is 0 Å². The molecular weight excluding hydrogens is 400 g/mol. The van der Waals surface area contributed by atoms with Crippen LogP contribution >= 0.6 is 11.8 Å². The lowest BCUT2D eigenvalue weighted by Crippen LogP contribution is -2.55. The number of ether oxygens (including phenoxy) is 4. The minimum Gasteiger partial charge on any atom is -0.474 e. The molecule has 0 N–H and O–H groups in total. The van der Waals surface area contributed by atoms with Crippen LogP contribution in [0.3, 0.4) is 0 Å². The SMILES string of the molecule is CC(=O)O[C@@H]1[C@@H](OC(C)=O)[C@H](OC(C)=O)CS[C@H]1Oc1ccc2nc(C)cn2c1. The van der Waals surface area contributed by atoms with Gasteiger partial charge in [-0.15, -0.1) is 11.8 Å². The molecule has 0 aromatic carbocycles. The van der Waals surface area contributed by atoms with Gasteiger partial charge in [0.2, 0.25) is 0 Å². The molecule has 2 aromatic heterocycles. The molecule has 10 heteroatoms. The number of imidazole rings is 1. The summed E-state index contributed by atoms with van der Waals surface area (Å²) in [6.45, 7) is 5.65. The Hall–Kier alpha value is -2.75. The molecule has 0 unspecified atom stereocenters. The minimum absolute atomic E-state index is 0.312. The van der Waals surface area contributed by atoms with E-state index in [1.54, 1.807) is 12.3 Å². The van der Waals surface area contributed by atoms with Gasteiger partial charge in [-0.25, -0.2) is 4.98 Å². The molecule has 156 valence electrons. The number of hydrogen-bond acceptors (Lipinski definition) is 9. The maximum Gasteiger partial charge on any atom is 0.303 e. The van der Waals surface area contributed by atoms with Gasteiger partial charge in [0.05, 0.1) is 11.9 Å². The third-order valence-electron chi connectivity index (χ3n) is 4.10. The van der Waals surface area contributed by atoms with Crippen LogP contribution in [0.5, 0.6) is 5.75 Å². The molecule has 0 aliphatic carbocycles. The number of carbonyl (C=O) groups is 3. The van der Waals surface area contributed by atoms with E-state index in [1.165, 1.54) is 32.5 Å². The maximum absolute atomic E-state index is 11.7. The highest BCUT2D eigenvalue weighted by atomic mass is 32.2. The largest absolute Gasteiger partial charge is 0.474 e. The number of esters is 3. The zero-order valence-electron chi connectivity index (χ0n) is 16.5. The minimum atomic E-state index is -0.981. The summed E-state index contributed by atoms with van der Waals surface area (Å²) in [4.78, 5) is 39.1. The van der Waals surface area contributed by atoms with Crippen molar-refractivity contribution in [2.45, 2.75) is 51.4 Å². The van der Waals surface area contributed by atoms with Crippen LogP contribution in [0.25, 0.3) is 5.65 Å².